The summed E-state index contributed by atoms with van der Waals surface area (Å²) in [5.74, 6) is 1.68. The maximum Gasteiger partial charge on any atom is 0.0261 e. The van der Waals surface area contributed by atoms with Crippen LogP contribution in [0.25, 0.3) is 0 Å². The van der Waals surface area contributed by atoms with E-state index in [9.17, 15) is 0 Å². The summed E-state index contributed by atoms with van der Waals surface area (Å²) in [6.07, 6.45) is 1.31. The summed E-state index contributed by atoms with van der Waals surface area (Å²) >= 11 is 0. The molecule has 2 aliphatic rings. The second-order valence-corrected chi connectivity index (χ2v) is 5.86. The predicted octanol–water partition coefficient (Wildman–Crippen LogP) is 0.866. The predicted molar refractivity (Wildman–Crippen MR) is 68.7 cm³/mol. The van der Waals surface area contributed by atoms with Gasteiger partial charge >= 0.3 is 0 Å². The Hall–Kier alpha value is -0.120. The minimum Gasteiger partial charge on any atom is -0.315 e. The van der Waals surface area contributed by atoms with Crippen molar-refractivity contribution in [1.82, 2.24) is 15.1 Å². The van der Waals surface area contributed by atoms with E-state index in [-0.39, 0.29) is 0 Å². The summed E-state index contributed by atoms with van der Waals surface area (Å²) in [5, 5.41) is 3.55. The van der Waals surface area contributed by atoms with Gasteiger partial charge in [-0.2, -0.15) is 0 Å². The summed E-state index contributed by atoms with van der Waals surface area (Å²) < 4.78 is 0. The topological polar surface area (TPSA) is 18.5 Å². The van der Waals surface area contributed by atoms with Crippen molar-refractivity contribution < 1.29 is 0 Å². The number of nitrogens with one attached hydrogen (secondary N) is 1. The van der Waals surface area contributed by atoms with Crippen LogP contribution in [0.3, 0.4) is 0 Å². The average Bonchev–Trinajstić information content (AvgIpc) is 2.82. The largest absolute Gasteiger partial charge is 0.315 e. The van der Waals surface area contributed by atoms with Gasteiger partial charge in [0.1, 0.15) is 0 Å². The molecular formula is C13H27N3. The zero-order chi connectivity index (χ0) is 11.7. The fourth-order valence-electron chi connectivity index (χ4n) is 3.49. The first-order valence-electron chi connectivity index (χ1n) is 6.74. The van der Waals surface area contributed by atoms with Gasteiger partial charge in [0.15, 0.2) is 0 Å². The Labute approximate surface area is 100 Å². The Morgan fingerprint density at radius 1 is 1.25 bits per heavy atom. The van der Waals surface area contributed by atoms with Crippen molar-refractivity contribution in [3.8, 4) is 0 Å². The van der Waals surface area contributed by atoms with Gasteiger partial charge in [0.2, 0.25) is 0 Å². The lowest BCUT2D eigenvalue weighted by Gasteiger charge is -2.28. The van der Waals surface area contributed by atoms with E-state index in [4.69, 9.17) is 0 Å². The van der Waals surface area contributed by atoms with Gasteiger partial charge in [0.05, 0.1) is 0 Å². The van der Waals surface area contributed by atoms with Gasteiger partial charge in [0.25, 0.3) is 0 Å². The van der Waals surface area contributed by atoms with Gasteiger partial charge in [-0.05, 0) is 32.5 Å². The Bertz CT molecular complexity index is 229. The van der Waals surface area contributed by atoms with E-state index in [0.717, 1.165) is 23.9 Å². The van der Waals surface area contributed by atoms with Crippen LogP contribution in [0, 0.1) is 11.8 Å². The summed E-state index contributed by atoms with van der Waals surface area (Å²) in [4.78, 5) is 5.12. The van der Waals surface area contributed by atoms with Crippen LogP contribution < -0.4 is 5.32 Å². The van der Waals surface area contributed by atoms with Crippen LogP contribution in [-0.4, -0.2) is 62.2 Å². The number of hydrogen-bond acceptors (Lipinski definition) is 3. The maximum absolute atomic E-state index is 3.55. The fourth-order valence-corrected chi connectivity index (χ4v) is 3.49. The number of hydrogen-bond donors (Lipinski definition) is 1. The van der Waals surface area contributed by atoms with Crippen LogP contribution in [-0.2, 0) is 0 Å². The van der Waals surface area contributed by atoms with Crippen molar-refractivity contribution in [3.63, 3.8) is 0 Å². The number of rotatable bonds is 3. The second kappa shape index (κ2) is 5.03. The molecule has 3 nitrogen and oxygen atoms in total. The molecule has 0 aromatic rings. The van der Waals surface area contributed by atoms with Crippen molar-refractivity contribution in [2.45, 2.75) is 32.4 Å². The van der Waals surface area contributed by atoms with Crippen LogP contribution in [0.5, 0.6) is 0 Å². The molecule has 0 bridgehead atoms. The lowest BCUT2D eigenvalue weighted by Crippen LogP contribution is -2.41. The minimum atomic E-state index is 0.748. The summed E-state index contributed by atoms with van der Waals surface area (Å²) in [6, 6.07) is 1.54. The first kappa shape index (κ1) is 12.3. The molecule has 0 radical (unpaired) electrons. The fraction of sp³-hybridized carbons (Fsp3) is 1.00. The second-order valence-electron chi connectivity index (χ2n) is 5.86. The molecule has 0 aromatic heterocycles. The molecular weight excluding hydrogens is 198 g/mol. The van der Waals surface area contributed by atoms with Gasteiger partial charge in [0, 0.05) is 31.7 Å². The zero-order valence-electron chi connectivity index (χ0n) is 11.2. The molecule has 0 spiro atoms. The molecule has 2 heterocycles. The van der Waals surface area contributed by atoms with Gasteiger partial charge in [-0.1, -0.05) is 20.3 Å². The number of nitrogens with zero attached hydrogens (tertiary/aromatic N) is 2. The molecule has 0 aromatic carbocycles. The molecule has 2 aliphatic heterocycles. The molecule has 1 N–H and O–H groups in total. The standard InChI is InChI=1S/C13H27N3/c1-5-11-6-14-7-12(11)16-8-10(2)13(9-16)15(3)4/h10-14H,5-9H2,1-4H3. The normalized spacial score (nSPS) is 41.1. The van der Waals surface area contributed by atoms with Crippen molar-refractivity contribution in [1.29, 1.82) is 0 Å². The van der Waals surface area contributed by atoms with Crippen molar-refractivity contribution in [2.75, 3.05) is 40.3 Å². The van der Waals surface area contributed by atoms with E-state index in [2.05, 4.69) is 43.1 Å². The monoisotopic (exact) mass is 225 g/mol. The lowest BCUT2D eigenvalue weighted by molar-refractivity contribution is 0.189. The third kappa shape index (κ3) is 2.27. The summed E-state index contributed by atoms with van der Waals surface area (Å²) in [7, 11) is 4.43. The van der Waals surface area contributed by atoms with Gasteiger partial charge < -0.3 is 10.2 Å². The number of likely N-dealkylation sites (N-methyl/N-ethyl adjacent to an activating group) is 1. The SMILES string of the molecule is CCC1CNCC1N1CC(C)C(N(C)C)C1. The molecule has 3 heteroatoms. The summed E-state index contributed by atoms with van der Waals surface area (Å²) in [6.45, 7) is 9.69. The van der Waals surface area contributed by atoms with Crippen LogP contribution in [0.15, 0.2) is 0 Å². The van der Waals surface area contributed by atoms with Gasteiger partial charge in [-0.25, -0.2) is 0 Å². The van der Waals surface area contributed by atoms with Crippen LogP contribution in [0.1, 0.15) is 20.3 Å². The zero-order valence-corrected chi connectivity index (χ0v) is 11.2. The Morgan fingerprint density at radius 2 is 2.00 bits per heavy atom. The van der Waals surface area contributed by atoms with Crippen LogP contribution in [0.2, 0.25) is 0 Å². The van der Waals surface area contributed by atoms with Crippen molar-refractivity contribution in [3.05, 3.63) is 0 Å². The van der Waals surface area contributed by atoms with E-state index in [1.165, 1.54) is 32.6 Å². The molecule has 4 atom stereocenters. The van der Waals surface area contributed by atoms with Crippen molar-refractivity contribution >= 4 is 0 Å². The molecule has 4 unspecified atom stereocenters. The number of likely N-dealkylation sites (tertiary alicyclic amines) is 1. The van der Waals surface area contributed by atoms with Crippen molar-refractivity contribution in [2.24, 2.45) is 11.8 Å². The highest BCUT2D eigenvalue weighted by atomic mass is 15.3. The molecule has 0 aliphatic carbocycles. The minimum absolute atomic E-state index is 0.748. The van der Waals surface area contributed by atoms with E-state index >= 15 is 0 Å². The Morgan fingerprint density at radius 3 is 2.56 bits per heavy atom. The Kier molecular flexibility index (Phi) is 3.88. The first-order valence-corrected chi connectivity index (χ1v) is 6.74. The molecule has 2 saturated heterocycles. The van der Waals surface area contributed by atoms with E-state index in [1.54, 1.807) is 0 Å². The third-order valence-electron chi connectivity index (χ3n) is 4.56. The molecule has 16 heavy (non-hydrogen) atoms. The highest BCUT2D eigenvalue weighted by molar-refractivity contribution is 4.95. The quantitative estimate of drug-likeness (QED) is 0.769. The molecule has 0 saturated carbocycles. The molecule has 0 amide bonds. The Balaban J connectivity index is 1.96. The highest BCUT2D eigenvalue weighted by Gasteiger charge is 2.38. The third-order valence-corrected chi connectivity index (χ3v) is 4.56. The van der Waals surface area contributed by atoms with Gasteiger partial charge in [-0.3, -0.25) is 4.90 Å². The lowest BCUT2D eigenvalue weighted by atomic mass is 10.00. The molecule has 2 rings (SSSR count). The first-order chi connectivity index (χ1) is 7.63. The highest BCUT2D eigenvalue weighted by Crippen LogP contribution is 2.27. The maximum atomic E-state index is 3.55. The van der Waals surface area contributed by atoms with Crippen LogP contribution >= 0.6 is 0 Å². The molecule has 94 valence electrons. The molecule has 2 fully saturated rings. The smallest absolute Gasteiger partial charge is 0.0261 e. The van der Waals surface area contributed by atoms with E-state index in [0.29, 0.717) is 0 Å². The van der Waals surface area contributed by atoms with Gasteiger partial charge in [-0.15, -0.1) is 0 Å². The van der Waals surface area contributed by atoms with Crippen LogP contribution in [0.4, 0.5) is 0 Å². The van der Waals surface area contributed by atoms with E-state index in [1.807, 2.05) is 0 Å². The van der Waals surface area contributed by atoms with E-state index < -0.39 is 0 Å². The summed E-state index contributed by atoms with van der Waals surface area (Å²) in [5.41, 5.74) is 0. The average molecular weight is 225 g/mol.